The van der Waals surface area contributed by atoms with E-state index in [4.69, 9.17) is 0 Å². The molecule has 1 aromatic rings. The quantitative estimate of drug-likeness (QED) is 0.832. The highest BCUT2D eigenvalue weighted by Gasteiger charge is 2.28. The maximum absolute atomic E-state index is 13.2. The first-order valence-electron chi connectivity index (χ1n) is 7.71. The summed E-state index contributed by atoms with van der Waals surface area (Å²) in [5.41, 5.74) is 1.34. The Labute approximate surface area is 126 Å². The third-order valence-corrected chi connectivity index (χ3v) is 4.23. The van der Waals surface area contributed by atoms with E-state index in [-0.39, 0.29) is 11.7 Å². The molecule has 1 aliphatic carbocycles. The van der Waals surface area contributed by atoms with Crippen molar-refractivity contribution in [2.24, 2.45) is 0 Å². The molecule has 1 amide bonds. The van der Waals surface area contributed by atoms with Crippen LogP contribution >= 0.6 is 0 Å². The van der Waals surface area contributed by atoms with Gasteiger partial charge in [-0.3, -0.25) is 4.79 Å². The second-order valence-electron chi connectivity index (χ2n) is 6.20. The highest BCUT2D eigenvalue weighted by Crippen LogP contribution is 2.25. The molecule has 0 spiro atoms. The Hall–Kier alpha value is -1.42. The lowest BCUT2D eigenvalue weighted by atomic mass is 10.1. The SMILES string of the molecule is Cc1cc(F)ccc1C(=O)N(CCN(C)C)C1CCCC1. The molecule has 0 aromatic heterocycles. The Morgan fingerprint density at radius 3 is 2.48 bits per heavy atom. The van der Waals surface area contributed by atoms with Crippen molar-refractivity contribution in [2.75, 3.05) is 27.2 Å². The number of aryl methyl sites for hydroxylation is 1. The van der Waals surface area contributed by atoms with E-state index < -0.39 is 0 Å². The fourth-order valence-corrected chi connectivity index (χ4v) is 3.00. The first-order valence-corrected chi connectivity index (χ1v) is 7.71. The third-order valence-electron chi connectivity index (χ3n) is 4.23. The number of nitrogens with zero attached hydrogens (tertiary/aromatic N) is 2. The lowest BCUT2D eigenvalue weighted by Gasteiger charge is -2.30. The number of halogens is 1. The van der Waals surface area contributed by atoms with E-state index in [1.165, 1.54) is 25.0 Å². The molecule has 116 valence electrons. The molecule has 21 heavy (non-hydrogen) atoms. The molecule has 2 rings (SSSR count). The van der Waals surface area contributed by atoms with E-state index in [1.807, 2.05) is 19.0 Å². The summed E-state index contributed by atoms with van der Waals surface area (Å²) < 4.78 is 13.2. The van der Waals surface area contributed by atoms with Crippen LogP contribution < -0.4 is 0 Å². The number of amides is 1. The van der Waals surface area contributed by atoms with Gasteiger partial charge in [0.05, 0.1) is 0 Å². The Kier molecular flexibility index (Phi) is 5.34. The van der Waals surface area contributed by atoms with Crippen molar-refractivity contribution in [1.29, 1.82) is 0 Å². The summed E-state index contributed by atoms with van der Waals surface area (Å²) in [4.78, 5) is 16.9. The van der Waals surface area contributed by atoms with Crippen LogP contribution in [0.3, 0.4) is 0 Å². The van der Waals surface area contributed by atoms with Gasteiger partial charge in [0.15, 0.2) is 0 Å². The van der Waals surface area contributed by atoms with Crippen LogP contribution in [0.4, 0.5) is 4.39 Å². The van der Waals surface area contributed by atoms with Crippen molar-refractivity contribution < 1.29 is 9.18 Å². The smallest absolute Gasteiger partial charge is 0.254 e. The average Bonchev–Trinajstić information content (AvgIpc) is 2.92. The standard InChI is InChI=1S/C17H25FN2O/c1-13-12-14(18)8-9-16(13)17(21)20(11-10-19(2)3)15-6-4-5-7-15/h8-9,12,15H,4-7,10-11H2,1-3H3. The van der Waals surface area contributed by atoms with Gasteiger partial charge < -0.3 is 9.80 Å². The molecule has 1 saturated carbocycles. The Morgan fingerprint density at radius 2 is 1.90 bits per heavy atom. The Balaban J connectivity index is 2.19. The van der Waals surface area contributed by atoms with Crippen molar-refractivity contribution in [2.45, 2.75) is 38.6 Å². The normalized spacial score (nSPS) is 15.7. The van der Waals surface area contributed by atoms with Gasteiger partial charge in [-0.1, -0.05) is 12.8 Å². The minimum atomic E-state index is -0.287. The van der Waals surface area contributed by atoms with Crippen LogP contribution in [0.15, 0.2) is 18.2 Å². The van der Waals surface area contributed by atoms with Crippen LogP contribution in [0.5, 0.6) is 0 Å². The number of benzene rings is 1. The molecule has 3 nitrogen and oxygen atoms in total. The Bertz CT molecular complexity index is 496. The van der Waals surface area contributed by atoms with Gasteiger partial charge in [-0.2, -0.15) is 0 Å². The third kappa shape index (κ3) is 4.03. The topological polar surface area (TPSA) is 23.6 Å². The molecule has 1 aromatic carbocycles. The monoisotopic (exact) mass is 292 g/mol. The number of hydrogen-bond donors (Lipinski definition) is 0. The van der Waals surface area contributed by atoms with Gasteiger partial charge in [-0.05, 0) is 57.6 Å². The van der Waals surface area contributed by atoms with Crippen LogP contribution in [0.1, 0.15) is 41.6 Å². The first kappa shape index (κ1) is 16.0. The van der Waals surface area contributed by atoms with Crippen molar-refractivity contribution >= 4 is 5.91 Å². The van der Waals surface area contributed by atoms with E-state index in [0.29, 0.717) is 17.2 Å². The van der Waals surface area contributed by atoms with Crippen LogP contribution in [-0.4, -0.2) is 48.9 Å². The molecule has 4 heteroatoms. The van der Waals surface area contributed by atoms with Crippen molar-refractivity contribution in [3.05, 3.63) is 35.1 Å². The summed E-state index contributed by atoms with van der Waals surface area (Å²) in [5, 5.41) is 0. The highest BCUT2D eigenvalue weighted by molar-refractivity contribution is 5.95. The molecular formula is C17H25FN2O. The lowest BCUT2D eigenvalue weighted by Crippen LogP contribution is -2.43. The molecule has 0 aliphatic heterocycles. The highest BCUT2D eigenvalue weighted by atomic mass is 19.1. The Morgan fingerprint density at radius 1 is 1.24 bits per heavy atom. The first-order chi connectivity index (χ1) is 9.99. The summed E-state index contributed by atoms with van der Waals surface area (Å²) in [6.07, 6.45) is 4.55. The molecule has 0 N–H and O–H groups in total. The predicted octanol–water partition coefficient (Wildman–Crippen LogP) is 3.08. The molecule has 0 radical (unpaired) electrons. The zero-order valence-corrected chi connectivity index (χ0v) is 13.2. The molecule has 0 unspecified atom stereocenters. The van der Waals surface area contributed by atoms with Crippen LogP contribution in [0.25, 0.3) is 0 Å². The van der Waals surface area contributed by atoms with E-state index in [1.54, 1.807) is 13.0 Å². The van der Waals surface area contributed by atoms with Crippen molar-refractivity contribution in [3.63, 3.8) is 0 Å². The minimum Gasteiger partial charge on any atom is -0.334 e. The maximum atomic E-state index is 13.2. The second-order valence-corrected chi connectivity index (χ2v) is 6.20. The largest absolute Gasteiger partial charge is 0.334 e. The van der Waals surface area contributed by atoms with Crippen LogP contribution in [0.2, 0.25) is 0 Å². The second kappa shape index (κ2) is 7.03. The van der Waals surface area contributed by atoms with Gasteiger partial charge in [0.25, 0.3) is 5.91 Å². The van der Waals surface area contributed by atoms with Gasteiger partial charge in [0.1, 0.15) is 5.82 Å². The number of carbonyl (C=O) groups is 1. The zero-order chi connectivity index (χ0) is 15.4. The minimum absolute atomic E-state index is 0.0428. The number of hydrogen-bond acceptors (Lipinski definition) is 2. The van der Waals surface area contributed by atoms with Crippen molar-refractivity contribution in [1.82, 2.24) is 9.80 Å². The van der Waals surface area contributed by atoms with E-state index >= 15 is 0 Å². The fourth-order valence-electron chi connectivity index (χ4n) is 3.00. The number of likely N-dealkylation sites (N-methyl/N-ethyl adjacent to an activating group) is 1. The molecule has 1 fully saturated rings. The predicted molar refractivity (Wildman–Crippen MR) is 83.0 cm³/mol. The summed E-state index contributed by atoms with van der Waals surface area (Å²) in [5.74, 6) is -0.244. The molecule has 0 atom stereocenters. The zero-order valence-electron chi connectivity index (χ0n) is 13.2. The van der Waals surface area contributed by atoms with E-state index in [0.717, 1.165) is 25.9 Å². The summed E-state index contributed by atoms with van der Waals surface area (Å²) in [7, 11) is 4.03. The fraction of sp³-hybridized carbons (Fsp3) is 0.588. The number of carbonyl (C=O) groups excluding carboxylic acids is 1. The lowest BCUT2D eigenvalue weighted by molar-refractivity contribution is 0.0667. The molecule has 1 aliphatic rings. The van der Waals surface area contributed by atoms with Gasteiger partial charge >= 0.3 is 0 Å². The van der Waals surface area contributed by atoms with Gasteiger partial charge in [-0.25, -0.2) is 4.39 Å². The molecule has 0 saturated heterocycles. The summed E-state index contributed by atoms with van der Waals surface area (Å²) >= 11 is 0. The number of rotatable bonds is 5. The van der Waals surface area contributed by atoms with Gasteiger partial charge in [0, 0.05) is 24.7 Å². The van der Waals surface area contributed by atoms with Gasteiger partial charge in [-0.15, -0.1) is 0 Å². The van der Waals surface area contributed by atoms with E-state index in [2.05, 4.69) is 4.90 Å². The van der Waals surface area contributed by atoms with Crippen LogP contribution in [-0.2, 0) is 0 Å². The molecule has 0 bridgehead atoms. The average molecular weight is 292 g/mol. The van der Waals surface area contributed by atoms with Crippen LogP contribution in [0, 0.1) is 12.7 Å². The van der Waals surface area contributed by atoms with Crippen molar-refractivity contribution in [3.8, 4) is 0 Å². The molecule has 0 heterocycles. The molecular weight excluding hydrogens is 267 g/mol. The summed E-state index contributed by atoms with van der Waals surface area (Å²) in [6, 6.07) is 4.76. The van der Waals surface area contributed by atoms with E-state index in [9.17, 15) is 9.18 Å². The van der Waals surface area contributed by atoms with Gasteiger partial charge in [0.2, 0.25) is 0 Å². The summed E-state index contributed by atoms with van der Waals surface area (Å²) in [6.45, 7) is 3.38. The maximum Gasteiger partial charge on any atom is 0.254 e.